The zero-order valence-corrected chi connectivity index (χ0v) is 19.6. The van der Waals surface area contributed by atoms with Gasteiger partial charge in [0.05, 0.1) is 17.4 Å². The van der Waals surface area contributed by atoms with Crippen LogP contribution in [0.25, 0.3) is 0 Å². The highest BCUT2D eigenvalue weighted by atomic mass is 35.5. The molecule has 2 fully saturated rings. The van der Waals surface area contributed by atoms with Gasteiger partial charge in [0, 0.05) is 32.4 Å². The van der Waals surface area contributed by atoms with E-state index in [1.807, 2.05) is 57.1 Å². The van der Waals surface area contributed by atoms with Crippen LogP contribution in [0.2, 0.25) is 0 Å². The van der Waals surface area contributed by atoms with Crippen molar-refractivity contribution in [1.29, 1.82) is 0 Å². The number of nitrogens with zero attached hydrogens (tertiary/aromatic N) is 2. The summed E-state index contributed by atoms with van der Waals surface area (Å²) in [6.07, 6.45) is 2.20. The molecule has 1 saturated carbocycles. The fraction of sp³-hybridized carbons (Fsp3) is 0.571. The predicted molar refractivity (Wildman–Crippen MR) is 119 cm³/mol. The molecule has 2 aliphatic rings. The lowest BCUT2D eigenvalue weighted by Gasteiger charge is -2.29. The van der Waals surface area contributed by atoms with Crippen LogP contribution in [-0.4, -0.2) is 50.9 Å². The van der Waals surface area contributed by atoms with Crippen LogP contribution in [-0.2, 0) is 21.2 Å². The topological polar surface area (TPSA) is 57.7 Å². The van der Waals surface area contributed by atoms with Crippen LogP contribution >= 0.6 is 23.2 Å². The van der Waals surface area contributed by atoms with Crippen LogP contribution in [0.1, 0.15) is 25.8 Å². The van der Waals surface area contributed by atoms with Crippen molar-refractivity contribution in [1.82, 2.24) is 4.90 Å². The molecule has 3 atom stereocenters. The quantitative estimate of drug-likeness (QED) is 0.649. The van der Waals surface area contributed by atoms with Crippen LogP contribution in [0.5, 0.6) is 0 Å². The van der Waals surface area contributed by atoms with Gasteiger partial charge in [-0.05, 0) is 41.5 Å². The van der Waals surface area contributed by atoms with Crippen LogP contribution in [0.3, 0.4) is 0 Å². The summed E-state index contributed by atoms with van der Waals surface area (Å²) >= 11 is 11.7. The summed E-state index contributed by atoms with van der Waals surface area (Å²) in [7, 11) is 0.837. The van der Waals surface area contributed by atoms with Gasteiger partial charge in [0.2, 0.25) is 5.91 Å². The molecule has 1 aliphatic heterocycles. The molecule has 1 heterocycles. The molecule has 0 spiro atoms. The number of hydrogen-bond donors (Lipinski definition) is 0. The normalized spacial score (nSPS) is 26.6. The molecule has 1 aromatic rings. The fourth-order valence-electron chi connectivity index (χ4n) is 4.28. The molecular formula is C21H28Cl2N2O3S. The van der Waals surface area contributed by atoms with Gasteiger partial charge in [-0.1, -0.05) is 49.2 Å². The van der Waals surface area contributed by atoms with Crippen molar-refractivity contribution >= 4 is 44.6 Å². The average Bonchev–Trinajstić information content (AvgIpc) is 2.94. The molecule has 160 valence electrons. The molecule has 1 saturated heterocycles. The Morgan fingerprint density at radius 1 is 1.21 bits per heavy atom. The summed E-state index contributed by atoms with van der Waals surface area (Å²) in [6, 6.07) is 7.69. The molecule has 3 rings (SSSR count). The third kappa shape index (κ3) is 4.92. The number of amides is 1. The summed E-state index contributed by atoms with van der Waals surface area (Å²) in [5, 5.41) is 0. The molecule has 0 bridgehead atoms. The number of anilines is 1. The summed E-state index contributed by atoms with van der Waals surface area (Å²) in [4.78, 5) is 17.3. The minimum atomic E-state index is -3.11. The number of benzene rings is 1. The van der Waals surface area contributed by atoms with Crippen LogP contribution in [0.15, 0.2) is 34.8 Å². The first-order chi connectivity index (χ1) is 13.4. The second kappa shape index (κ2) is 8.12. The standard InChI is InChI=1S/C21H28Cl2N2O3S/c1-21(2)17(11-18(22)23)19(21)20(26)25(16-9-10-29(27,28)13-16)12-14-5-7-15(8-6-14)24(3)4/h5-8,11,16-17,19H,9-10,12-13H2,1-4H3/t16-,17+,19-/m1/s1. The maximum absolute atomic E-state index is 13.5. The van der Waals surface area contributed by atoms with Crippen molar-refractivity contribution in [2.75, 3.05) is 30.5 Å². The van der Waals surface area contributed by atoms with Crippen molar-refractivity contribution in [3.8, 4) is 0 Å². The summed E-state index contributed by atoms with van der Waals surface area (Å²) in [5.41, 5.74) is 1.80. The third-order valence-corrected chi connectivity index (χ3v) is 8.22. The molecule has 0 unspecified atom stereocenters. The first-order valence-electron chi connectivity index (χ1n) is 9.72. The lowest BCUT2D eigenvalue weighted by molar-refractivity contribution is -0.136. The highest BCUT2D eigenvalue weighted by Gasteiger charge is 2.62. The van der Waals surface area contributed by atoms with Crippen LogP contribution in [0.4, 0.5) is 5.69 Å². The molecule has 5 nitrogen and oxygen atoms in total. The highest BCUT2D eigenvalue weighted by Crippen LogP contribution is 2.60. The largest absolute Gasteiger partial charge is 0.378 e. The zero-order chi connectivity index (χ0) is 21.6. The minimum absolute atomic E-state index is 0.0235. The number of rotatable bonds is 6. The molecular weight excluding hydrogens is 431 g/mol. The van der Waals surface area contributed by atoms with E-state index in [9.17, 15) is 13.2 Å². The van der Waals surface area contributed by atoms with Gasteiger partial charge in [-0.3, -0.25) is 4.79 Å². The number of allylic oxidation sites excluding steroid dienone is 1. The van der Waals surface area contributed by atoms with E-state index in [2.05, 4.69) is 0 Å². The van der Waals surface area contributed by atoms with E-state index in [0.717, 1.165) is 11.3 Å². The van der Waals surface area contributed by atoms with Gasteiger partial charge in [-0.25, -0.2) is 8.42 Å². The first kappa shape index (κ1) is 22.4. The Labute approximate surface area is 183 Å². The van der Waals surface area contributed by atoms with E-state index in [-0.39, 0.29) is 45.2 Å². The van der Waals surface area contributed by atoms with Crippen LogP contribution in [0, 0.1) is 17.3 Å². The van der Waals surface area contributed by atoms with Crippen molar-refractivity contribution in [3.05, 3.63) is 40.4 Å². The van der Waals surface area contributed by atoms with E-state index in [1.165, 1.54) is 0 Å². The van der Waals surface area contributed by atoms with Gasteiger partial charge < -0.3 is 9.80 Å². The van der Waals surface area contributed by atoms with E-state index >= 15 is 0 Å². The Hall–Kier alpha value is -1.24. The van der Waals surface area contributed by atoms with Crippen molar-refractivity contribution < 1.29 is 13.2 Å². The third-order valence-electron chi connectivity index (χ3n) is 6.22. The molecule has 1 aromatic carbocycles. The zero-order valence-electron chi connectivity index (χ0n) is 17.2. The number of sulfone groups is 1. The number of halogens is 2. The Bertz CT molecular complexity index is 906. The Morgan fingerprint density at radius 3 is 2.31 bits per heavy atom. The Balaban J connectivity index is 1.86. The minimum Gasteiger partial charge on any atom is -0.378 e. The number of carbonyl (C=O) groups excluding carboxylic acids is 1. The SMILES string of the molecule is CN(C)c1ccc(CN(C(=O)[C@H]2[C@H](C=C(Cl)Cl)C2(C)C)[C@@H]2CCS(=O)(=O)C2)cc1. The molecule has 0 radical (unpaired) electrons. The van der Waals surface area contributed by atoms with E-state index in [4.69, 9.17) is 23.2 Å². The van der Waals surface area contributed by atoms with Gasteiger partial charge >= 0.3 is 0 Å². The Kier molecular flexibility index (Phi) is 6.29. The smallest absolute Gasteiger partial charge is 0.227 e. The van der Waals surface area contributed by atoms with Gasteiger partial charge in [-0.15, -0.1) is 0 Å². The molecule has 1 aliphatic carbocycles. The summed E-state index contributed by atoms with van der Waals surface area (Å²) in [6.45, 7) is 4.43. The van der Waals surface area contributed by atoms with Crippen molar-refractivity contribution in [3.63, 3.8) is 0 Å². The lowest BCUT2D eigenvalue weighted by Crippen LogP contribution is -2.42. The molecule has 0 N–H and O–H groups in total. The molecule has 1 amide bonds. The monoisotopic (exact) mass is 458 g/mol. The summed E-state index contributed by atoms with van der Waals surface area (Å²) < 4.78 is 24.3. The predicted octanol–water partition coefficient (Wildman–Crippen LogP) is 3.86. The maximum Gasteiger partial charge on any atom is 0.227 e. The Morgan fingerprint density at radius 2 is 1.83 bits per heavy atom. The molecule has 29 heavy (non-hydrogen) atoms. The molecule has 0 aromatic heterocycles. The average molecular weight is 459 g/mol. The highest BCUT2D eigenvalue weighted by molar-refractivity contribution is 7.91. The van der Waals surface area contributed by atoms with Crippen LogP contribution < -0.4 is 4.90 Å². The second-order valence-electron chi connectivity index (χ2n) is 8.87. The van der Waals surface area contributed by atoms with Gasteiger partial charge in [0.15, 0.2) is 9.84 Å². The lowest BCUT2D eigenvalue weighted by atomic mass is 10.1. The van der Waals surface area contributed by atoms with Gasteiger partial charge in [0.25, 0.3) is 0 Å². The van der Waals surface area contributed by atoms with Gasteiger partial charge in [0.1, 0.15) is 4.49 Å². The van der Waals surface area contributed by atoms with Crippen molar-refractivity contribution in [2.45, 2.75) is 32.9 Å². The van der Waals surface area contributed by atoms with E-state index in [0.29, 0.717) is 13.0 Å². The van der Waals surface area contributed by atoms with E-state index in [1.54, 1.807) is 11.0 Å². The first-order valence-corrected chi connectivity index (χ1v) is 12.3. The summed E-state index contributed by atoms with van der Waals surface area (Å²) in [5.74, 6) is -0.162. The fourth-order valence-corrected chi connectivity index (χ4v) is 6.28. The van der Waals surface area contributed by atoms with Gasteiger partial charge in [-0.2, -0.15) is 0 Å². The second-order valence-corrected chi connectivity index (χ2v) is 12.1. The number of carbonyl (C=O) groups is 1. The number of hydrogen-bond acceptors (Lipinski definition) is 4. The van der Waals surface area contributed by atoms with E-state index < -0.39 is 9.84 Å². The maximum atomic E-state index is 13.5. The van der Waals surface area contributed by atoms with Crippen molar-refractivity contribution in [2.24, 2.45) is 17.3 Å². The molecule has 8 heteroatoms.